The number of amidine groups is 1. The van der Waals surface area contributed by atoms with Gasteiger partial charge in [-0.1, -0.05) is 12.1 Å². The van der Waals surface area contributed by atoms with Crippen LogP contribution in [0.25, 0.3) is 0 Å². The van der Waals surface area contributed by atoms with E-state index >= 15 is 0 Å². The fourth-order valence-corrected chi connectivity index (χ4v) is 2.21. The third-order valence-electron chi connectivity index (χ3n) is 1.58. The molecule has 0 aliphatic rings. The first-order chi connectivity index (χ1) is 6.11. The number of nitrogens with two attached hydrogens (primary N) is 1. The van der Waals surface area contributed by atoms with Crippen LogP contribution in [0.5, 0.6) is 0 Å². The molecule has 0 aromatic heterocycles. The zero-order valence-corrected chi connectivity index (χ0v) is 9.65. The van der Waals surface area contributed by atoms with Crippen LogP contribution in [0.15, 0.2) is 33.6 Å². The van der Waals surface area contributed by atoms with Crippen molar-refractivity contribution in [2.75, 3.05) is 0 Å². The molecule has 0 aliphatic carbocycles. The number of nitrogens with one attached hydrogen (secondary N) is 1. The molecule has 1 unspecified atom stereocenters. The molecule has 13 heavy (non-hydrogen) atoms. The van der Waals surface area contributed by atoms with Crippen LogP contribution in [0, 0.1) is 5.41 Å². The van der Waals surface area contributed by atoms with Crippen molar-refractivity contribution >= 4 is 33.5 Å². The average Bonchev–Trinajstić information content (AvgIpc) is 2.08. The molecule has 0 saturated heterocycles. The lowest BCUT2D eigenvalue weighted by atomic mass is 10.4. The fraction of sp³-hybridized carbons (Fsp3) is 0.222. The molecule has 0 heterocycles. The van der Waals surface area contributed by atoms with E-state index in [1.54, 1.807) is 11.8 Å². The van der Waals surface area contributed by atoms with Crippen molar-refractivity contribution in [1.29, 1.82) is 5.41 Å². The molecule has 0 amide bonds. The van der Waals surface area contributed by atoms with E-state index in [2.05, 4.69) is 15.9 Å². The molecule has 1 aromatic carbocycles. The molecule has 0 fully saturated rings. The van der Waals surface area contributed by atoms with Crippen LogP contribution in [0.1, 0.15) is 6.92 Å². The summed E-state index contributed by atoms with van der Waals surface area (Å²) in [4.78, 5) is 1.12. The summed E-state index contributed by atoms with van der Waals surface area (Å²) >= 11 is 5.02. The van der Waals surface area contributed by atoms with Gasteiger partial charge in [-0.2, -0.15) is 0 Å². The topological polar surface area (TPSA) is 49.9 Å². The van der Waals surface area contributed by atoms with Crippen molar-refractivity contribution in [3.05, 3.63) is 28.7 Å². The minimum absolute atomic E-state index is 0.0266. The zero-order chi connectivity index (χ0) is 9.84. The molecular formula is C9H11BrN2S. The van der Waals surface area contributed by atoms with Gasteiger partial charge in [0, 0.05) is 9.37 Å². The second kappa shape index (κ2) is 4.67. The molecule has 0 saturated carbocycles. The van der Waals surface area contributed by atoms with Crippen LogP contribution in [0.2, 0.25) is 0 Å². The minimum atomic E-state index is 0.0266. The highest BCUT2D eigenvalue weighted by atomic mass is 79.9. The summed E-state index contributed by atoms with van der Waals surface area (Å²) in [5.74, 6) is 0.209. The van der Waals surface area contributed by atoms with Gasteiger partial charge in [0.1, 0.15) is 5.84 Å². The van der Waals surface area contributed by atoms with Crippen molar-refractivity contribution < 1.29 is 0 Å². The number of benzene rings is 1. The maximum Gasteiger partial charge on any atom is 0.104 e. The predicted molar refractivity (Wildman–Crippen MR) is 61.4 cm³/mol. The predicted octanol–water partition coefficient (Wildman–Crippen LogP) is 2.87. The Morgan fingerprint density at radius 3 is 2.69 bits per heavy atom. The third-order valence-corrected chi connectivity index (χ3v) is 3.75. The summed E-state index contributed by atoms with van der Waals surface area (Å²) in [5.41, 5.74) is 5.38. The van der Waals surface area contributed by atoms with Gasteiger partial charge in [-0.25, -0.2) is 0 Å². The number of halogens is 1. The molecule has 4 heteroatoms. The van der Waals surface area contributed by atoms with Crippen molar-refractivity contribution in [2.45, 2.75) is 17.1 Å². The lowest BCUT2D eigenvalue weighted by molar-refractivity contribution is 1.22. The Hall–Kier alpha value is -0.480. The molecule has 0 bridgehead atoms. The molecule has 1 rings (SSSR count). The number of hydrogen-bond donors (Lipinski definition) is 2. The van der Waals surface area contributed by atoms with Gasteiger partial charge in [0.15, 0.2) is 0 Å². The summed E-state index contributed by atoms with van der Waals surface area (Å²) in [5, 5.41) is 7.29. The molecule has 70 valence electrons. The smallest absolute Gasteiger partial charge is 0.104 e. The largest absolute Gasteiger partial charge is 0.387 e. The zero-order valence-electron chi connectivity index (χ0n) is 7.25. The Labute approximate surface area is 90.5 Å². The maximum atomic E-state index is 7.26. The van der Waals surface area contributed by atoms with Crippen LogP contribution in [-0.2, 0) is 0 Å². The summed E-state index contributed by atoms with van der Waals surface area (Å²) in [7, 11) is 0. The highest BCUT2D eigenvalue weighted by Gasteiger charge is 2.08. The first-order valence-electron chi connectivity index (χ1n) is 3.86. The summed E-state index contributed by atoms with van der Waals surface area (Å²) in [6, 6.07) is 7.93. The first-order valence-corrected chi connectivity index (χ1v) is 5.53. The normalized spacial score (nSPS) is 12.5. The molecule has 2 nitrogen and oxygen atoms in total. The van der Waals surface area contributed by atoms with E-state index in [0.29, 0.717) is 0 Å². The molecule has 0 radical (unpaired) electrons. The monoisotopic (exact) mass is 258 g/mol. The van der Waals surface area contributed by atoms with Crippen LogP contribution in [0.3, 0.4) is 0 Å². The lowest BCUT2D eigenvalue weighted by Crippen LogP contribution is -2.21. The van der Waals surface area contributed by atoms with E-state index in [1.807, 2.05) is 31.2 Å². The Morgan fingerprint density at radius 1 is 1.54 bits per heavy atom. The van der Waals surface area contributed by atoms with Crippen molar-refractivity contribution in [3.8, 4) is 0 Å². The van der Waals surface area contributed by atoms with E-state index in [4.69, 9.17) is 11.1 Å². The molecular weight excluding hydrogens is 248 g/mol. The minimum Gasteiger partial charge on any atom is -0.387 e. The van der Waals surface area contributed by atoms with E-state index in [1.165, 1.54) is 0 Å². The maximum absolute atomic E-state index is 7.26. The van der Waals surface area contributed by atoms with Crippen molar-refractivity contribution in [2.24, 2.45) is 5.73 Å². The molecule has 0 aliphatic heterocycles. The van der Waals surface area contributed by atoms with Gasteiger partial charge in [-0.3, -0.25) is 5.41 Å². The highest BCUT2D eigenvalue weighted by Crippen LogP contribution is 2.29. The summed E-state index contributed by atoms with van der Waals surface area (Å²) in [6.07, 6.45) is 0. The molecule has 3 N–H and O–H groups in total. The Morgan fingerprint density at radius 2 is 2.15 bits per heavy atom. The first kappa shape index (κ1) is 10.6. The van der Waals surface area contributed by atoms with Crippen LogP contribution < -0.4 is 5.73 Å². The number of rotatable bonds is 3. The van der Waals surface area contributed by atoms with Gasteiger partial charge in [0.2, 0.25) is 0 Å². The van der Waals surface area contributed by atoms with Gasteiger partial charge in [-0.05, 0) is 35.0 Å². The van der Waals surface area contributed by atoms with E-state index < -0.39 is 0 Å². The van der Waals surface area contributed by atoms with Gasteiger partial charge in [0.05, 0.1) is 5.25 Å². The SMILES string of the molecule is CC(Sc1ccccc1Br)C(=N)N. The average molecular weight is 259 g/mol. The van der Waals surface area contributed by atoms with Crippen molar-refractivity contribution in [3.63, 3.8) is 0 Å². The lowest BCUT2D eigenvalue weighted by Gasteiger charge is -2.09. The standard InChI is InChI=1S/C9H11BrN2S/c1-6(9(11)12)13-8-5-3-2-4-7(8)10/h2-6H,1H3,(H3,11,12). The summed E-state index contributed by atoms with van der Waals surface area (Å²) in [6.45, 7) is 1.92. The second-order valence-corrected chi connectivity index (χ2v) is 4.88. The third kappa shape index (κ3) is 3.04. The molecule has 0 spiro atoms. The van der Waals surface area contributed by atoms with Gasteiger partial charge in [-0.15, -0.1) is 11.8 Å². The number of hydrogen-bond acceptors (Lipinski definition) is 2. The Balaban J connectivity index is 2.74. The molecule has 1 aromatic rings. The van der Waals surface area contributed by atoms with E-state index in [9.17, 15) is 0 Å². The van der Waals surface area contributed by atoms with Crippen LogP contribution in [0.4, 0.5) is 0 Å². The Bertz CT molecular complexity index is 314. The van der Waals surface area contributed by atoms with Gasteiger partial charge in [0.25, 0.3) is 0 Å². The van der Waals surface area contributed by atoms with E-state index in [-0.39, 0.29) is 11.1 Å². The fourth-order valence-electron chi connectivity index (χ4n) is 0.794. The van der Waals surface area contributed by atoms with E-state index in [0.717, 1.165) is 9.37 Å². The van der Waals surface area contributed by atoms with Crippen LogP contribution in [-0.4, -0.2) is 11.1 Å². The quantitative estimate of drug-likeness (QED) is 0.498. The van der Waals surface area contributed by atoms with Crippen molar-refractivity contribution in [1.82, 2.24) is 0 Å². The van der Waals surface area contributed by atoms with Gasteiger partial charge >= 0.3 is 0 Å². The van der Waals surface area contributed by atoms with Crippen LogP contribution >= 0.6 is 27.7 Å². The number of thioether (sulfide) groups is 1. The summed E-state index contributed by atoms with van der Waals surface area (Å²) < 4.78 is 1.05. The second-order valence-electron chi connectivity index (χ2n) is 2.65. The Kier molecular flexibility index (Phi) is 3.81. The highest BCUT2D eigenvalue weighted by molar-refractivity contribution is 9.10. The van der Waals surface area contributed by atoms with Gasteiger partial charge < -0.3 is 5.73 Å². The molecule has 1 atom stereocenters.